The second kappa shape index (κ2) is 8.41. The summed E-state index contributed by atoms with van der Waals surface area (Å²) in [7, 11) is 0. The third kappa shape index (κ3) is 8.35. The van der Waals surface area contributed by atoms with E-state index in [9.17, 15) is 23.2 Å². The van der Waals surface area contributed by atoms with Crippen molar-refractivity contribution in [3.8, 4) is 0 Å². The number of aliphatic carboxylic acids is 1. The van der Waals surface area contributed by atoms with Crippen LogP contribution in [0.15, 0.2) is 0 Å². The van der Waals surface area contributed by atoms with Gasteiger partial charge in [-0.25, -0.2) is 13.6 Å². The molecule has 0 fully saturated rings. The number of alkyl halides is 2. The van der Waals surface area contributed by atoms with Gasteiger partial charge in [0.25, 0.3) is 6.43 Å². The summed E-state index contributed by atoms with van der Waals surface area (Å²) < 4.78 is 27.9. The second-order valence-electron chi connectivity index (χ2n) is 4.64. The Balaban J connectivity index is 3.86. The van der Waals surface area contributed by atoms with Crippen LogP contribution in [0.4, 0.5) is 13.6 Å². The minimum absolute atomic E-state index is 0.0475. The van der Waals surface area contributed by atoms with Crippen LogP contribution in [0, 0.1) is 5.41 Å². The highest BCUT2D eigenvalue weighted by atomic mass is 19.3. The van der Waals surface area contributed by atoms with E-state index in [1.165, 1.54) is 13.8 Å². The van der Waals surface area contributed by atoms with Gasteiger partial charge < -0.3 is 15.2 Å². The first-order chi connectivity index (χ1) is 9.15. The van der Waals surface area contributed by atoms with Crippen LogP contribution in [0.5, 0.6) is 0 Å². The smallest absolute Gasteiger partial charge is 0.321 e. The fraction of sp³-hybridized carbons (Fsp3) is 0.727. The van der Waals surface area contributed by atoms with Crippen molar-refractivity contribution in [1.82, 2.24) is 10.6 Å². The molecule has 0 aliphatic rings. The first kappa shape index (κ1) is 18.2. The molecule has 0 aliphatic heterocycles. The monoisotopic (exact) mass is 296 g/mol. The summed E-state index contributed by atoms with van der Waals surface area (Å²) in [6.07, 6.45) is -2.94. The highest BCUT2D eigenvalue weighted by Gasteiger charge is 2.30. The van der Waals surface area contributed by atoms with Crippen molar-refractivity contribution in [1.29, 1.82) is 0 Å². The molecule has 3 amide bonds. The summed E-state index contributed by atoms with van der Waals surface area (Å²) in [6.45, 7) is 1.81. The number of hydrogen-bond acceptors (Lipinski definition) is 4. The Labute approximate surface area is 114 Å². The lowest BCUT2D eigenvalue weighted by Gasteiger charge is -2.17. The molecule has 3 N–H and O–H groups in total. The van der Waals surface area contributed by atoms with Crippen LogP contribution in [0.3, 0.4) is 0 Å². The van der Waals surface area contributed by atoms with Crippen molar-refractivity contribution in [2.24, 2.45) is 5.41 Å². The van der Waals surface area contributed by atoms with E-state index in [1.807, 2.05) is 5.32 Å². The normalized spacial score (nSPS) is 11.2. The Bertz CT molecular complexity index is 361. The van der Waals surface area contributed by atoms with E-state index in [0.717, 1.165) is 0 Å². The number of urea groups is 1. The Kier molecular flexibility index (Phi) is 7.67. The van der Waals surface area contributed by atoms with Crippen molar-refractivity contribution >= 4 is 17.9 Å². The molecular weight excluding hydrogens is 278 g/mol. The molecule has 116 valence electrons. The summed E-state index contributed by atoms with van der Waals surface area (Å²) >= 11 is 0. The minimum atomic E-state index is -2.58. The predicted molar refractivity (Wildman–Crippen MR) is 64.4 cm³/mol. The SMILES string of the molecule is CC(C)(CC(=O)NC(=O)NCCOCC(F)F)C(=O)O. The van der Waals surface area contributed by atoms with Crippen molar-refractivity contribution < 1.29 is 33.0 Å². The molecule has 0 aromatic carbocycles. The van der Waals surface area contributed by atoms with Crippen molar-refractivity contribution in [2.45, 2.75) is 26.7 Å². The van der Waals surface area contributed by atoms with E-state index in [2.05, 4.69) is 10.1 Å². The fourth-order valence-electron chi connectivity index (χ4n) is 1.10. The van der Waals surface area contributed by atoms with Gasteiger partial charge in [-0.05, 0) is 13.8 Å². The molecule has 0 rings (SSSR count). The zero-order chi connectivity index (χ0) is 15.8. The van der Waals surface area contributed by atoms with Gasteiger partial charge >= 0.3 is 12.0 Å². The molecule has 0 saturated heterocycles. The summed E-state index contributed by atoms with van der Waals surface area (Å²) in [5, 5.41) is 13.0. The van der Waals surface area contributed by atoms with Crippen molar-refractivity contribution in [3.63, 3.8) is 0 Å². The van der Waals surface area contributed by atoms with Gasteiger partial charge in [-0.3, -0.25) is 14.9 Å². The van der Waals surface area contributed by atoms with Crippen LogP contribution < -0.4 is 10.6 Å². The van der Waals surface area contributed by atoms with Crippen LogP contribution in [-0.2, 0) is 14.3 Å². The molecule has 0 spiro atoms. The van der Waals surface area contributed by atoms with E-state index in [1.54, 1.807) is 0 Å². The van der Waals surface area contributed by atoms with E-state index in [4.69, 9.17) is 5.11 Å². The van der Waals surface area contributed by atoms with Crippen molar-refractivity contribution in [3.05, 3.63) is 0 Å². The lowest BCUT2D eigenvalue weighted by atomic mass is 9.89. The van der Waals surface area contributed by atoms with Crippen LogP contribution in [-0.4, -0.2) is 49.2 Å². The second-order valence-corrected chi connectivity index (χ2v) is 4.64. The molecule has 0 unspecified atom stereocenters. The predicted octanol–water partition coefficient (Wildman–Crippen LogP) is 0.595. The van der Waals surface area contributed by atoms with Gasteiger partial charge in [0.05, 0.1) is 12.0 Å². The fourth-order valence-corrected chi connectivity index (χ4v) is 1.10. The third-order valence-electron chi connectivity index (χ3n) is 2.21. The number of carboxylic acids is 1. The van der Waals surface area contributed by atoms with Gasteiger partial charge in [-0.2, -0.15) is 0 Å². The van der Waals surface area contributed by atoms with E-state index < -0.39 is 36.4 Å². The van der Waals surface area contributed by atoms with E-state index in [-0.39, 0.29) is 19.6 Å². The number of imide groups is 1. The van der Waals surface area contributed by atoms with Gasteiger partial charge in [-0.15, -0.1) is 0 Å². The molecule has 0 atom stereocenters. The molecule has 0 saturated carbocycles. The lowest BCUT2D eigenvalue weighted by molar-refractivity contribution is -0.149. The number of ether oxygens (including phenoxy) is 1. The largest absolute Gasteiger partial charge is 0.481 e. The Morgan fingerprint density at radius 1 is 1.30 bits per heavy atom. The quantitative estimate of drug-likeness (QED) is 0.569. The molecule has 20 heavy (non-hydrogen) atoms. The van der Waals surface area contributed by atoms with Gasteiger partial charge in [-0.1, -0.05) is 0 Å². The molecule has 0 aromatic rings. The number of amides is 3. The molecule has 0 aliphatic carbocycles. The van der Waals surface area contributed by atoms with Crippen molar-refractivity contribution in [2.75, 3.05) is 19.8 Å². The molecule has 9 heteroatoms. The number of carboxylic acid groups (broad SMARTS) is 1. The van der Waals surface area contributed by atoms with E-state index in [0.29, 0.717) is 0 Å². The Morgan fingerprint density at radius 2 is 1.90 bits per heavy atom. The zero-order valence-electron chi connectivity index (χ0n) is 11.2. The van der Waals surface area contributed by atoms with Crippen LogP contribution >= 0.6 is 0 Å². The molecule has 7 nitrogen and oxygen atoms in total. The highest BCUT2D eigenvalue weighted by molar-refractivity contribution is 5.96. The number of nitrogens with one attached hydrogen (secondary N) is 2. The highest BCUT2D eigenvalue weighted by Crippen LogP contribution is 2.19. The molecule has 0 bridgehead atoms. The maximum Gasteiger partial charge on any atom is 0.321 e. The minimum Gasteiger partial charge on any atom is -0.481 e. The first-order valence-electron chi connectivity index (χ1n) is 5.82. The molecular formula is C11H18F2N2O5. The molecule has 0 heterocycles. The van der Waals surface area contributed by atoms with Gasteiger partial charge in [0.15, 0.2) is 0 Å². The first-order valence-corrected chi connectivity index (χ1v) is 5.82. The number of carbonyl (C=O) groups is 3. The maximum atomic E-state index is 11.7. The number of rotatable bonds is 8. The average molecular weight is 296 g/mol. The van der Waals surface area contributed by atoms with Gasteiger partial charge in [0, 0.05) is 13.0 Å². The van der Waals surface area contributed by atoms with Gasteiger partial charge in [0.1, 0.15) is 6.61 Å². The van der Waals surface area contributed by atoms with Crippen LogP contribution in [0.25, 0.3) is 0 Å². The maximum absolute atomic E-state index is 11.7. The van der Waals surface area contributed by atoms with Crippen LogP contribution in [0.2, 0.25) is 0 Å². The van der Waals surface area contributed by atoms with Crippen LogP contribution in [0.1, 0.15) is 20.3 Å². The summed E-state index contributed by atoms with van der Waals surface area (Å²) in [4.78, 5) is 33.4. The number of hydrogen-bond donors (Lipinski definition) is 3. The number of halogens is 2. The van der Waals surface area contributed by atoms with E-state index >= 15 is 0 Å². The molecule has 0 aromatic heterocycles. The third-order valence-corrected chi connectivity index (χ3v) is 2.21. The average Bonchev–Trinajstić information content (AvgIpc) is 2.26. The summed E-state index contributed by atoms with van der Waals surface area (Å²) in [6, 6.07) is -0.836. The standard InChI is InChI=1S/C11H18F2N2O5/c1-11(2,9(17)18)5-8(16)15-10(19)14-3-4-20-6-7(12)13/h7H,3-6H2,1-2H3,(H,17,18)(H2,14,15,16,19). The Hall–Kier alpha value is -1.77. The molecule has 0 radical (unpaired) electrons. The topological polar surface area (TPSA) is 105 Å². The summed E-state index contributed by atoms with van der Waals surface area (Å²) in [5.41, 5.74) is -1.29. The summed E-state index contributed by atoms with van der Waals surface area (Å²) in [5.74, 6) is -1.91. The number of carbonyl (C=O) groups excluding carboxylic acids is 2. The lowest BCUT2D eigenvalue weighted by Crippen LogP contribution is -2.43. The van der Waals surface area contributed by atoms with Gasteiger partial charge in [0.2, 0.25) is 5.91 Å². The zero-order valence-corrected chi connectivity index (χ0v) is 11.2. The Morgan fingerprint density at radius 3 is 2.40 bits per heavy atom.